The smallest absolute Gasteiger partial charge is 0.387 e. The van der Waals surface area contributed by atoms with Crippen molar-refractivity contribution in [2.45, 2.75) is 84.2 Å². The predicted molar refractivity (Wildman–Crippen MR) is 114 cm³/mol. The number of alkyl halides is 2. The second kappa shape index (κ2) is 11.4. The quantitative estimate of drug-likeness (QED) is 0.395. The zero-order chi connectivity index (χ0) is 20.6. The summed E-state index contributed by atoms with van der Waals surface area (Å²) in [7, 11) is 0. The van der Waals surface area contributed by atoms with Crippen LogP contribution in [0.4, 0.5) is 8.78 Å². The van der Waals surface area contributed by atoms with Gasteiger partial charge in [0.15, 0.2) is 11.5 Å². The van der Waals surface area contributed by atoms with E-state index < -0.39 is 6.61 Å². The summed E-state index contributed by atoms with van der Waals surface area (Å²) in [6.45, 7) is -0.0468. The molecule has 0 aromatic heterocycles. The number of ether oxygens (including phenoxy) is 2. The van der Waals surface area contributed by atoms with E-state index in [0.717, 1.165) is 30.6 Å². The van der Waals surface area contributed by atoms with Crippen molar-refractivity contribution in [2.75, 3.05) is 6.61 Å². The standard InChI is InChI=1S/C24H35ClF2O2/c1-2-3-4-17-5-9-19(10-6-17)20-11-7-18(8-12-20)16-28-23-15-21(25)13-14-22(23)29-24(26)27/h13-15,17-20,24H,2-12,16H2,1H3. The minimum atomic E-state index is -2.87. The Hall–Kier alpha value is -1.03. The van der Waals surface area contributed by atoms with Crippen LogP contribution in [0.25, 0.3) is 0 Å². The molecule has 0 amide bonds. The van der Waals surface area contributed by atoms with Crippen LogP contribution < -0.4 is 9.47 Å². The van der Waals surface area contributed by atoms with Gasteiger partial charge in [0.1, 0.15) is 0 Å². The van der Waals surface area contributed by atoms with Crippen LogP contribution in [0.5, 0.6) is 11.5 Å². The lowest BCUT2D eigenvalue weighted by Crippen LogP contribution is -2.27. The van der Waals surface area contributed by atoms with Crippen molar-refractivity contribution >= 4 is 11.6 Å². The third-order valence-electron chi connectivity index (χ3n) is 7.01. The summed E-state index contributed by atoms with van der Waals surface area (Å²) in [6.07, 6.45) is 14.7. The molecule has 0 N–H and O–H groups in total. The first kappa shape index (κ1) is 22.7. The van der Waals surface area contributed by atoms with Crippen LogP contribution in [0.15, 0.2) is 18.2 Å². The fraction of sp³-hybridized carbons (Fsp3) is 0.750. The summed E-state index contributed by atoms with van der Waals surface area (Å²) in [5.41, 5.74) is 0. The van der Waals surface area contributed by atoms with Gasteiger partial charge in [-0.15, -0.1) is 0 Å². The van der Waals surface area contributed by atoms with E-state index in [9.17, 15) is 8.78 Å². The van der Waals surface area contributed by atoms with Crippen molar-refractivity contribution in [3.63, 3.8) is 0 Å². The van der Waals surface area contributed by atoms with Crippen molar-refractivity contribution < 1.29 is 18.3 Å². The van der Waals surface area contributed by atoms with Crippen molar-refractivity contribution in [2.24, 2.45) is 23.7 Å². The molecule has 29 heavy (non-hydrogen) atoms. The molecule has 2 nitrogen and oxygen atoms in total. The van der Waals surface area contributed by atoms with E-state index in [2.05, 4.69) is 11.7 Å². The van der Waals surface area contributed by atoms with Crippen LogP contribution in [0.1, 0.15) is 77.6 Å². The van der Waals surface area contributed by atoms with Crippen LogP contribution in [0.3, 0.4) is 0 Å². The molecule has 0 aliphatic heterocycles. The minimum absolute atomic E-state index is 0.0536. The van der Waals surface area contributed by atoms with Gasteiger partial charge in [-0.25, -0.2) is 0 Å². The Morgan fingerprint density at radius 2 is 1.55 bits per heavy atom. The van der Waals surface area contributed by atoms with Crippen LogP contribution in [-0.4, -0.2) is 13.2 Å². The topological polar surface area (TPSA) is 18.5 Å². The van der Waals surface area contributed by atoms with Crippen molar-refractivity contribution in [3.05, 3.63) is 23.2 Å². The largest absolute Gasteiger partial charge is 0.489 e. The maximum absolute atomic E-state index is 12.6. The van der Waals surface area contributed by atoms with E-state index in [4.69, 9.17) is 16.3 Å². The first-order valence-electron chi connectivity index (χ1n) is 11.4. The molecule has 1 aromatic carbocycles. The van der Waals surface area contributed by atoms with E-state index in [1.807, 2.05) is 0 Å². The first-order valence-corrected chi connectivity index (χ1v) is 11.8. The molecule has 2 aliphatic rings. The minimum Gasteiger partial charge on any atom is -0.489 e. The Balaban J connectivity index is 1.41. The third kappa shape index (κ3) is 7.01. The zero-order valence-electron chi connectivity index (χ0n) is 17.6. The molecule has 0 bridgehead atoms. The number of rotatable bonds is 9. The molecule has 0 unspecified atom stereocenters. The van der Waals surface area contributed by atoms with Gasteiger partial charge in [-0.1, -0.05) is 50.6 Å². The molecule has 0 radical (unpaired) electrons. The van der Waals surface area contributed by atoms with E-state index in [0.29, 0.717) is 23.3 Å². The molecule has 3 rings (SSSR count). The molecule has 0 saturated heterocycles. The third-order valence-corrected chi connectivity index (χ3v) is 7.25. The normalized spacial score (nSPS) is 27.8. The Morgan fingerprint density at radius 3 is 2.14 bits per heavy atom. The highest BCUT2D eigenvalue weighted by Crippen LogP contribution is 2.42. The second-order valence-corrected chi connectivity index (χ2v) is 9.42. The molecule has 0 spiro atoms. The van der Waals surface area contributed by atoms with Crippen LogP contribution in [0, 0.1) is 23.7 Å². The molecule has 0 atom stereocenters. The fourth-order valence-electron chi connectivity index (χ4n) is 5.26. The summed E-state index contributed by atoms with van der Waals surface area (Å²) in [6, 6.07) is 4.54. The summed E-state index contributed by atoms with van der Waals surface area (Å²) in [4.78, 5) is 0. The summed E-state index contributed by atoms with van der Waals surface area (Å²) < 4.78 is 35.6. The van der Waals surface area contributed by atoms with E-state index in [1.54, 1.807) is 6.07 Å². The molecule has 5 heteroatoms. The molecular weight excluding hydrogens is 394 g/mol. The highest BCUT2D eigenvalue weighted by atomic mass is 35.5. The first-order chi connectivity index (χ1) is 14.0. The average Bonchev–Trinajstić information content (AvgIpc) is 2.73. The zero-order valence-corrected chi connectivity index (χ0v) is 18.3. The molecular formula is C24H35ClF2O2. The van der Waals surface area contributed by atoms with Crippen molar-refractivity contribution in [3.8, 4) is 11.5 Å². The molecule has 2 aliphatic carbocycles. The van der Waals surface area contributed by atoms with Crippen LogP contribution >= 0.6 is 11.6 Å². The van der Waals surface area contributed by atoms with Crippen LogP contribution in [-0.2, 0) is 0 Å². The van der Waals surface area contributed by atoms with Gasteiger partial charge in [-0.2, -0.15) is 8.78 Å². The maximum atomic E-state index is 12.6. The van der Waals surface area contributed by atoms with Gasteiger partial charge < -0.3 is 9.47 Å². The van der Waals surface area contributed by atoms with E-state index in [1.165, 1.54) is 69.9 Å². The van der Waals surface area contributed by atoms with Gasteiger partial charge in [0, 0.05) is 11.1 Å². The Morgan fingerprint density at radius 1 is 0.931 bits per heavy atom. The van der Waals surface area contributed by atoms with Gasteiger partial charge in [-0.3, -0.25) is 0 Å². The number of hydrogen-bond donors (Lipinski definition) is 0. The summed E-state index contributed by atoms with van der Waals surface area (Å²) in [5.74, 6) is 3.59. The van der Waals surface area contributed by atoms with E-state index in [-0.39, 0.29) is 5.75 Å². The van der Waals surface area contributed by atoms with Gasteiger partial charge in [0.25, 0.3) is 0 Å². The van der Waals surface area contributed by atoms with Crippen molar-refractivity contribution in [1.82, 2.24) is 0 Å². The Kier molecular flexibility index (Phi) is 8.89. The molecule has 1 aromatic rings. The van der Waals surface area contributed by atoms with Gasteiger partial charge in [0.2, 0.25) is 0 Å². The number of halogens is 3. The average molecular weight is 429 g/mol. The fourth-order valence-corrected chi connectivity index (χ4v) is 5.43. The Labute approximate surface area is 179 Å². The predicted octanol–water partition coefficient (Wildman–Crippen LogP) is 8.12. The number of unbranched alkanes of at least 4 members (excludes halogenated alkanes) is 1. The molecule has 164 valence electrons. The molecule has 0 heterocycles. The lowest BCUT2D eigenvalue weighted by Gasteiger charge is -2.38. The monoisotopic (exact) mass is 428 g/mol. The van der Waals surface area contributed by atoms with Gasteiger partial charge >= 0.3 is 6.61 Å². The number of benzene rings is 1. The van der Waals surface area contributed by atoms with Crippen molar-refractivity contribution in [1.29, 1.82) is 0 Å². The van der Waals surface area contributed by atoms with E-state index >= 15 is 0 Å². The number of hydrogen-bond acceptors (Lipinski definition) is 2. The summed E-state index contributed by atoms with van der Waals surface area (Å²) in [5, 5.41) is 0.458. The molecule has 2 saturated carbocycles. The van der Waals surface area contributed by atoms with Crippen LogP contribution in [0.2, 0.25) is 5.02 Å². The second-order valence-electron chi connectivity index (χ2n) is 8.98. The summed E-state index contributed by atoms with van der Waals surface area (Å²) >= 11 is 6.00. The molecule has 2 fully saturated rings. The highest BCUT2D eigenvalue weighted by Gasteiger charge is 2.31. The van der Waals surface area contributed by atoms with Gasteiger partial charge in [0.05, 0.1) is 6.61 Å². The maximum Gasteiger partial charge on any atom is 0.387 e. The lowest BCUT2D eigenvalue weighted by molar-refractivity contribution is -0.0517. The SMILES string of the molecule is CCCCC1CCC(C2CCC(COc3cc(Cl)ccc3OC(F)F)CC2)CC1. The van der Waals surface area contributed by atoms with Gasteiger partial charge in [-0.05, 0) is 74.3 Å². The Bertz CT molecular complexity index is 609. The highest BCUT2D eigenvalue weighted by molar-refractivity contribution is 6.30. The lowest BCUT2D eigenvalue weighted by atomic mass is 9.69.